The van der Waals surface area contributed by atoms with Crippen molar-refractivity contribution >= 4 is 22.4 Å². The standard InChI is InChI=1S/C16H18N2O2/c1-3-20-11-16(19)18-17-12(2)14-9-8-13-6-4-5-7-15(13)10-14/h4-10H,3,11H2,1-2H3,(H,18,19)/b17-12+. The minimum atomic E-state index is -0.244. The molecule has 0 saturated carbocycles. The molecular weight excluding hydrogens is 252 g/mol. The van der Waals surface area contributed by atoms with Crippen molar-refractivity contribution in [2.75, 3.05) is 13.2 Å². The van der Waals surface area contributed by atoms with Crippen LogP contribution in [-0.4, -0.2) is 24.8 Å². The summed E-state index contributed by atoms with van der Waals surface area (Å²) in [5, 5.41) is 6.43. The van der Waals surface area contributed by atoms with Gasteiger partial charge < -0.3 is 4.74 Å². The smallest absolute Gasteiger partial charge is 0.266 e. The Kier molecular flexibility index (Phi) is 4.85. The van der Waals surface area contributed by atoms with Gasteiger partial charge in [-0.2, -0.15) is 5.10 Å². The maximum Gasteiger partial charge on any atom is 0.266 e. The Labute approximate surface area is 118 Å². The maximum absolute atomic E-state index is 11.4. The number of rotatable bonds is 5. The normalized spacial score (nSPS) is 11.6. The van der Waals surface area contributed by atoms with Crippen LogP contribution in [0.1, 0.15) is 19.4 Å². The van der Waals surface area contributed by atoms with Gasteiger partial charge in [0.15, 0.2) is 0 Å². The van der Waals surface area contributed by atoms with Gasteiger partial charge in [0.25, 0.3) is 5.91 Å². The number of carbonyl (C=O) groups excluding carboxylic acids is 1. The van der Waals surface area contributed by atoms with Gasteiger partial charge in [-0.1, -0.05) is 36.4 Å². The molecule has 1 amide bonds. The van der Waals surface area contributed by atoms with E-state index in [1.165, 1.54) is 5.39 Å². The van der Waals surface area contributed by atoms with Gasteiger partial charge in [0.05, 0.1) is 5.71 Å². The zero-order chi connectivity index (χ0) is 14.4. The third kappa shape index (κ3) is 3.65. The molecule has 0 fully saturated rings. The number of fused-ring (bicyclic) bond motifs is 1. The second kappa shape index (κ2) is 6.82. The molecule has 0 aliphatic heterocycles. The lowest BCUT2D eigenvalue weighted by Crippen LogP contribution is -2.24. The Morgan fingerprint density at radius 1 is 1.20 bits per heavy atom. The Morgan fingerprint density at radius 2 is 1.95 bits per heavy atom. The number of carbonyl (C=O) groups is 1. The van der Waals surface area contributed by atoms with Gasteiger partial charge in [-0.15, -0.1) is 0 Å². The molecule has 0 bridgehead atoms. The van der Waals surface area contributed by atoms with Crippen molar-refractivity contribution in [3.8, 4) is 0 Å². The maximum atomic E-state index is 11.4. The van der Waals surface area contributed by atoms with E-state index in [-0.39, 0.29) is 12.5 Å². The van der Waals surface area contributed by atoms with Crippen molar-refractivity contribution in [1.29, 1.82) is 0 Å². The van der Waals surface area contributed by atoms with E-state index in [1.807, 2.05) is 38.1 Å². The lowest BCUT2D eigenvalue weighted by Gasteiger charge is -2.05. The summed E-state index contributed by atoms with van der Waals surface area (Å²) in [6.07, 6.45) is 0. The number of nitrogens with zero attached hydrogens (tertiary/aromatic N) is 1. The molecule has 0 atom stereocenters. The second-order valence-electron chi connectivity index (χ2n) is 4.43. The molecule has 1 N–H and O–H groups in total. The van der Waals surface area contributed by atoms with Crippen molar-refractivity contribution in [3.05, 3.63) is 48.0 Å². The van der Waals surface area contributed by atoms with Gasteiger partial charge in [0.2, 0.25) is 0 Å². The van der Waals surface area contributed by atoms with Crippen molar-refractivity contribution < 1.29 is 9.53 Å². The predicted octanol–water partition coefficient (Wildman–Crippen LogP) is 2.72. The van der Waals surface area contributed by atoms with E-state index in [0.717, 1.165) is 16.7 Å². The van der Waals surface area contributed by atoms with Crippen LogP contribution in [0.3, 0.4) is 0 Å². The van der Waals surface area contributed by atoms with E-state index in [1.54, 1.807) is 0 Å². The highest BCUT2D eigenvalue weighted by atomic mass is 16.5. The van der Waals surface area contributed by atoms with Crippen LogP contribution in [0.5, 0.6) is 0 Å². The Morgan fingerprint density at radius 3 is 2.70 bits per heavy atom. The summed E-state index contributed by atoms with van der Waals surface area (Å²) in [7, 11) is 0. The number of hydrogen-bond donors (Lipinski definition) is 1. The van der Waals surface area contributed by atoms with Crippen molar-refractivity contribution in [3.63, 3.8) is 0 Å². The first-order valence-corrected chi connectivity index (χ1v) is 6.60. The molecule has 0 heterocycles. The lowest BCUT2D eigenvalue weighted by molar-refractivity contribution is -0.125. The Hall–Kier alpha value is -2.20. The first-order chi connectivity index (χ1) is 9.70. The van der Waals surface area contributed by atoms with Gasteiger partial charge in [-0.25, -0.2) is 5.43 Å². The largest absolute Gasteiger partial charge is 0.372 e. The van der Waals surface area contributed by atoms with Crippen LogP contribution in [0.4, 0.5) is 0 Å². The lowest BCUT2D eigenvalue weighted by atomic mass is 10.0. The molecule has 0 aliphatic carbocycles. The quantitative estimate of drug-likeness (QED) is 0.671. The molecule has 4 nitrogen and oxygen atoms in total. The van der Waals surface area contributed by atoms with E-state index >= 15 is 0 Å². The summed E-state index contributed by atoms with van der Waals surface area (Å²) in [6.45, 7) is 4.26. The molecule has 0 aliphatic rings. The molecule has 0 saturated heterocycles. The molecule has 0 spiro atoms. The van der Waals surface area contributed by atoms with Crippen LogP contribution >= 0.6 is 0 Å². The summed E-state index contributed by atoms with van der Waals surface area (Å²) >= 11 is 0. The molecule has 0 unspecified atom stereocenters. The highest BCUT2D eigenvalue weighted by Gasteiger charge is 2.02. The first kappa shape index (κ1) is 14.2. The third-order valence-corrected chi connectivity index (χ3v) is 2.95. The van der Waals surface area contributed by atoms with Crippen LogP contribution in [0.2, 0.25) is 0 Å². The van der Waals surface area contributed by atoms with E-state index in [2.05, 4.69) is 28.7 Å². The predicted molar refractivity (Wildman–Crippen MR) is 80.8 cm³/mol. The van der Waals surface area contributed by atoms with Crippen LogP contribution in [0.25, 0.3) is 10.8 Å². The molecule has 2 rings (SSSR count). The average molecular weight is 270 g/mol. The summed E-state index contributed by atoms with van der Waals surface area (Å²) in [5.74, 6) is -0.244. The van der Waals surface area contributed by atoms with Crippen molar-refractivity contribution in [1.82, 2.24) is 5.43 Å². The number of hydrazone groups is 1. The first-order valence-electron chi connectivity index (χ1n) is 6.60. The summed E-state index contributed by atoms with van der Waals surface area (Å²) < 4.78 is 5.01. The number of ether oxygens (including phenoxy) is 1. The Bertz CT molecular complexity index is 635. The number of amides is 1. The van der Waals surface area contributed by atoms with Crippen molar-refractivity contribution in [2.45, 2.75) is 13.8 Å². The fraction of sp³-hybridized carbons (Fsp3) is 0.250. The van der Waals surface area contributed by atoms with E-state index in [9.17, 15) is 4.79 Å². The topological polar surface area (TPSA) is 50.7 Å². The summed E-state index contributed by atoms with van der Waals surface area (Å²) in [6, 6.07) is 14.2. The van der Waals surface area contributed by atoms with Crippen LogP contribution < -0.4 is 5.43 Å². The molecule has 0 radical (unpaired) electrons. The fourth-order valence-electron chi connectivity index (χ4n) is 1.85. The number of benzene rings is 2. The zero-order valence-corrected chi connectivity index (χ0v) is 11.7. The molecule has 20 heavy (non-hydrogen) atoms. The van der Waals surface area contributed by atoms with Gasteiger partial charge in [0, 0.05) is 6.61 Å². The molecule has 2 aromatic carbocycles. The minimum absolute atomic E-state index is 0.0327. The third-order valence-electron chi connectivity index (χ3n) is 2.95. The minimum Gasteiger partial charge on any atom is -0.372 e. The highest BCUT2D eigenvalue weighted by molar-refractivity contribution is 6.02. The molecular formula is C16H18N2O2. The van der Waals surface area contributed by atoms with Crippen LogP contribution in [-0.2, 0) is 9.53 Å². The zero-order valence-electron chi connectivity index (χ0n) is 11.7. The van der Waals surface area contributed by atoms with Gasteiger partial charge in [-0.05, 0) is 36.2 Å². The van der Waals surface area contributed by atoms with E-state index in [0.29, 0.717) is 6.61 Å². The van der Waals surface area contributed by atoms with E-state index < -0.39 is 0 Å². The van der Waals surface area contributed by atoms with Gasteiger partial charge in [0.1, 0.15) is 6.61 Å². The van der Waals surface area contributed by atoms with Crippen LogP contribution in [0, 0.1) is 0 Å². The van der Waals surface area contributed by atoms with Crippen LogP contribution in [0.15, 0.2) is 47.6 Å². The van der Waals surface area contributed by atoms with Gasteiger partial charge >= 0.3 is 0 Å². The van der Waals surface area contributed by atoms with E-state index in [4.69, 9.17) is 4.74 Å². The SMILES string of the molecule is CCOCC(=O)N/N=C(\C)c1ccc2ccccc2c1. The number of nitrogens with one attached hydrogen (secondary N) is 1. The number of hydrogen-bond acceptors (Lipinski definition) is 3. The molecule has 2 aromatic rings. The Balaban J connectivity index is 2.10. The highest BCUT2D eigenvalue weighted by Crippen LogP contribution is 2.15. The van der Waals surface area contributed by atoms with Gasteiger partial charge in [-0.3, -0.25) is 4.79 Å². The fourth-order valence-corrected chi connectivity index (χ4v) is 1.85. The second-order valence-corrected chi connectivity index (χ2v) is 4.43. The van der Waals surface area contributed by atoms with Crippen molar-refractivity contribution in [2.24, 2.45) is 5.10 Å². The monoisotopic (exact) mass is 270 g/mol. The summed E-state index contributed by atoms with van der Waals surface area (Å²) in [4.78, 5) is 11.4. The average Bonchev–Trinajstić information content (AvgIpc) is 2.50. The molecule has 4 heteroatoms. The summed E-state index contributed by atoms with van der Waals surface area (Å²) in [5.41, 5.74) is 4.24. The molecule has 104 valence electrons. The molecule has 0 aromatic heterocycles.